The van der Waals surface area contributed by atoms with Crippen LogP contribution in [-0.4, -0.2) is 37.2 Å². The molecule has 0 saturated heterocycles. The molecule has 0 aliphatic carbocycles. The van der Waals surface area contributed by atoms with Crippen molar-refractivity contribution in [1.29, 1.82) is 0 Å². The fourth-order valence-electron chi connectivity index (χ4n) is 9.85. The molecule has 0 aromatic heterocycles. The van der Waals surface area contributed by atoms with Crippen LogP contribution >= 0.6 is 0 Å². The van der Waals surface area contributed by atoms with E-state index in [0.29, 0.717) is 19.3 Å². The largest absolute Gasteiger partial charge is 0.462 e. The minimum atomic E-state index is -0.788. The number of carbonyl (C=O) groups excluding carboxylic acids is 3. The van der Waals surface area contributed by atoms with Gasteiger partial charge in [-0.2, -0.15) is 0 Å². The lowest BCUT2D eigenvalue weighted by molar-refractivity contribution is -0.167. The van der Waals surface area contributed by atoms with E-state index in [1.165, 1.54) is 193 Å². The summed E-state index contributed by atoms with van der Waals surface area (Å²) in [5.41, 5.74) is 0. The lowest BCUT2D eigenvalue weighted by atomic mass is 10.0. The molecule has 0 amide bonds. The Labute approximate surface area is 502 Å². The molecule has 1 atom stereocenters. The van der Waals surface area contributed by atoms with E-state index in [4.69, 9.17) is 14.2 Å². The number of hydrogen-bond acceptors (Lipinski definition) is 6. The van der Waals surface area contributed by atoms with E-state index >= 15 is 0 Å². The van der Waals surface area contributed by atoms with Gasteiger partial charge in [-0.05, 0) is 122 Å². The molecule has 0 spiro atoms. The molecule has 0 fully saturated rings. The SMILES string of the molecule is CC/C=C\C/C=C\C/C=C\C/C=C\CCCCCCCCCCCCC(=O)OC(COC(=O)CCCCCCC/C=C\C/C=C\CCCCC)COC(=O)CCCCCCCCCCCCCCC/C=C\C/C=C\CCCCCCC. The van der Waals surface area contributed by atoms with Crippen molar-refractivity contribution >= 4 is 17.9 Å². The summed E-state index contributed by atoms with van der Waals surface area (Å²) in [7, 11) is 0. The summed E-state index contributed by atoms with van der Waals surface area (Å²) in [5.74, 6) is -0.887. The summed E-state index contributed by atoms with van der Waals surface area (Å²) in [6, 6.07) is 0. The minimum Gasteiger partial charge on any atom is -0.462 e. The molecule has 0 radical (unpaired) electrons. The van der Waals surface area contributed by atoms with Crippen molar-refractivity contribution < 1.29 is 28.6 Å². The van der Waals surface area contributed by atoms with E-state index in [1.807, 2.05) is 0 Å². The molecule has 6 heteroatoms. The summed E-state index contributed by atoms with van der Waals surface area (Å²) in [6.07, 6.45) is 92.8. The Balaban J connectivity index is 4.34. The van der Waals surface area contributed by atoms with Crippen LogP contribution in [0.4, 0.5) is 0 Å². The van der Waals surface area contributed by atoms with Crippen molar-refractivity contribution in [3.63, 3.8) is 0 Å². The molecule has 81 heavy (non-hydrogen) atoms. The second kappa shape index (κ2) is 68.8. The minimum absolute atomic E-state index is 0.0826. The van der Waals surface area contributed by atoms with E-state index in [1.54, 1.807) is 0 Å². The van der Waals surface area contributed by atoms with Gasteiger partial charge in [0, 0.05) is 19.3 Å². The highest BCUT2D eigenvalue weighted by Gasteiger charge is 2.19. The first-order chi connectivity index (χ1) is 40.0. The molecule has 0 rings (SSSR count). The Morgan fingerprint density at radius 2 is 0.481 bits per heavy atom. The Kier molecular flexibility index (Phi) is 65.7. The zero-order chi connectivity index (χ0) is 58.5. The summed E-state index contributed by atoms with van der Waals surface area (Å²) < 4.78 is 17.0. The maximum Gasteiger partial charge on any atom is 0.306 e. The molecule has 0 aliphatic rings. The van der Waals surface area contributed by atoms with Gasteiger partial charge in [-0.3, -0.25) is 14.4 Å². The first-order valence-corrected chi connectivity index (χ1v) is 34.7. The summed E-state index contributed by atoms with van der Waals surface area (Å²) in [4.78, 5) is 38.4. The standard InChI is InChI=1S/C75H130O6/c1-4-7-10-13-16-19-22-25-28-30-32-34-36-37-39-40-42-44-47-50-53-56-59-62-65-68-74(77)80-71-72(70-79-73(76)67-64-61-58-55-52-49-46-27-24-21-18-15-12-9-6-3)81-75(78)69-66-63-60-57-54-51-48-45-43-41-38-35-33-31-29-26-23-20-17-14-11-8-5-2/h8,11,17-18,20-22,25-27,29-30,32-33,35,46,72H,4-7,9-10,12-16,19,23-24,28,31,34,36-45,47-71H2,1-3H3/b11-8-,20-17-,21-18-,25-22-,29-26-,32-30-,35-33-,46-27-. The number of allylic oxidation sites excluding steroid dienone is 16. The highest BCUT2D eigenvalue weighted by molar-refractivity contribution is 5.71. The number of unbranched alkanes of at least 4 members (excludes halogenated alkanes) is 36. The van der Waals surface area contributed by atoms with Crippen molar-refractivity contribution in [1.82, 2.24) is 0 Å². The van der Waals surface area contributed by atoms with Gasteiger partial charge in [-0.1, -0.05) is 298 Å². The van der Waals surface area contributed by atoms with E-state index in [2.05, 4.69) is 118 Å². The average Bonchev–Trinajstić information content (AvgIpc) is 3.47. The average molecular weight is 1130 g/mol. The predicted molar refractivity (Wildman–Crippen MR) is 353 cm³/mol. The molecular formula is C75H130O6. The van der Waals surface area contributed by atoms with Crippen LogP contribution in [0.1, 0.15) is 342 Å². The number of hydrogen-bond donors (Lipinski definition) is 0. The monoisotopic (exact) mass is 1130 g/mol. The Hall–Kier alpha value is -3.67. The van der Waals surface area contributed by atoms with Gasteiger partial charge < -0.3 is 14.2 Å². The van der Waals surface area contributed by atoms with Gasteiger partial charge in [-0.25, -0.2) is 0 Å². The lowest BCUT2D eigenvalue weighted by Gasteiger charge is -2.18. The zero-order valence-corrected chi connectivity index (χ0v) is 53.5. The fraction of sp³-hybridized carbons (Fsp3) is 0.747. The third kappa shape index (κ3) is 67.0. The normalized spacial score (nSPS) is 12.7. The fourth-order valence-corrected chi connectivity index (χ4v) is 9.85. The molecule has 1 unspecified atom stereocenters. The van der Waals surface area contributed by atoms with Crippen LogP contribution in [0.25, 0.3) is 0 Å². The molecule has 0 N–H and O–H groups in total. The maximum atomic E-state index is 13.0. The van der Waals surface area contributed by atoms with Crippen LogP contribution in [0.2, 0.25) is 0 Å². The zero-order valence-electron chi connectivity index (χ0n) is 53.5. The number of carbonyl (C=O) groups is 3. The van der Waals surface area contributed by atoms with Gasteiger partial charge >= 0.3 is 17.9 Å². The topological polar surface area (TPSA) is 78.9 Å². The second-order valence-electron chi connectivity index (χ2n) is 23.1. The second-order valence-corrected chi connectivity index (χ2v) is 23.1. The molecular weight excluding hydrogens is 997 g/mol. The summed E-state index contributed by atoms with van der Waals surface area (Å²) in [6.45, 7) is 6.51. The van der Waals surface area contributed by atoms with Crippen LogP contribution in [0, 0.1) is 0 Å². The van der Waals surface area contributed by atoms with Crippen LogP contribution in [-0.2, 0) is 28.6 Å². The maximum absolute atomic E-state index is 13.0. The van der Waals surface area contributed by atoms with Gasteiger partial charge in [0.25, 0.3) is 0 Å². The van der Waals surface area contributed by atoms with E-state index in [9.17, 15) is 14.4 Å². The molecule has 6 nitrogen and oxygen atoms in total. The van der Waals surface area contributed by atoms with Crippen molar-refractivity contribution in [2.24, 2.45) is 0 Å². The van der Waals surface area contributed by atoms with E-state index in [-0.39, 0.29) is 31.1 Å². The third-order valence-corrected chi connectivity index (χ3v) is 15.0. The number of esters is 3. The van der Waals surface area contributed by atoms with Crippen LogP contribution < -0.4 is 0 Å². The molecule has 0 saturated carbocycles. The van der Waals surface area contributed by atoms with E-state index < -0.39 is 6.10 Å². The highest BCUT2D eigenvalue weighted by atomic mass is 16.6. The lowest BCUT2D eigenvalue weighted by Crippen LogP contribution is -2.30. The number of rotatable bonds is 63. The molecule has 466 valence electrons. The van der Waals surface area contributed by atoms with Gasteiger partial charge in [0.1, 0.15) is 13.2 Å². The van der Waals surface area contributed by atoms with Crippen molar-refractivity contribution in [3.05, 3.63) is 97.2 Å². The van der Waals surface area contributed by atoms with Crippen LogP contribution in [0.15, 0.2) is 97.2 Å². The van der Waals surface area contributed by atoms with Gasteiger partial charge in [0.2, 0.25) is 0 Å². The Bertz CT molecular complexity index is 1580. The molecule has 0 aromatic carbocycles. The molecule has 0 heterocycles. The first-order valence-electron chi connectivity index (χ1n) is 34.7. The van der Waals surface area contributed by atoms with Gasteiger partial charge in [0.05, 0.1) is 0 Å². The summed E-state index contributed by atoms with van der Waals surface area (Å²) >= 11 is 0. The van der Waals surface area contributed by atoms with Gasteiger partial charge in [-0.15, -0.1) is 0 Å². The van der Waals surface area contributed by atoms with Crippen molar-refractivity contribution in [2.45, 2.75) is 348 Å². The van der Waals surface area contributed by atoms with Crippen molar-refractivity contribution in [3.8, 4) is 0 Å². The molecule has 0 aromatic rings. The number of ether oxygens (including phenoxy) is 3. The molecule has 0 aliphatic heterocycles. The Morgan fingerprint density at radius 3 is 0.778 bits per heavy atom. The predicted octanol–water partition coefficient (Wildman–Crippen LogP) is 24.0. The summed E-state index contributed by atoms with van der Waals surface area (Å²) in [5, 5.41) is 0. The third-order valence-electron chi connectivity index (χ3n) is 15.0. The van der Waals surface area contributed by atoms with Crippen LogP contribution in [0.5, 0.6) is 0 Å². The first kappa shape index (κ1) is 77.3. The van der Waals surface area contributed by atoms with E-state index in [0.717, 1.165) is 109 Å². The van der Waals surface area contributed by atoms with Crippen molar-refractivity contribution in [2.75, 3.05) is 13.2 Å². The highest BCUT2D eigenvalue weighted by Crippen LogP contribution is 2.17. The smallest absolute Gasteiger partial charge is 0.306 e. The molecule has 0 bridgehead atoms. The van der Waals surface area contributed by atoms with Crippen LogP contribution in [0.3, 0.4) is 0 Å². The quantitative estimate of drug-likeness (QED) is 0.0261. The Morgan fingerprint density at radius 1 is 0.259 bits per heavy atom. The van der Waals surface area contributed by atoms with Gasteiger partial charge in [0.15, 0.2) is 6.10 Å².